The largest absolute Gasteiger partial charge is 0.438 e. The Morgan fingerprint density at radius 1 is 1.24 bits per heavy atom. The quantitative estimate of drug-likeness (QED) is 0.774. The first-order valence-electron chi connectivity index (χ1n) is 6.57. The van der Waals surface area contributed by atoms with Crippen molar-refractivity contribution in [3.05, 3.63) is 40.8 Å². The first-order chi connectivity index (χ1) is 10.2. The van der Waals surface area contributed by atoms with Crippen LogP contribution in [0, 0.1) is 6.92 Å². The lowest BCUT2D eigenvalue weighted by Crippen LogP contribution is -1.97. The number of ether oxygens (including phenoxy) is 1. The molecule has 0 unspecified atom stereocenters. The van der Waals surface area contributed by atoms with E-state index in [-0.39, 0.29) is 12.6 Å². The normalized spacial score (nSPS) is 11.0. The molecule has 0 atom stereocenters. The maximum atomic E-state index is 8.91. The minimum Gasteiger partial charge on any atom is -0.438 e. The fraction of sp³-hybridized carbons (Fsp3) is 0.200. The number of nitrogens with zero attached hydrogens (tertiary/aromatic N) is 2. The molecule has 3 rings (SSSR count). The highest BCUT2D eigenvalue weighted by Gasteiger charge is 2.11. The van der Waals surface area contributed by atoms with Crippen molar-refractivity contribution in [3.8, 4) is 11.6 Å². The van der Waals surface area contributed by atoms with Gasteiger partial charge < -0.3 is 15.6 Å². The van der Waals surface area contributed by atoms with E-state index in [1.54, 1.807) is 11.3 Å². The van der Waals surface area contributed by atoms with Crippen LogP contribution in [0.1, 0.15) is 10.4 Å². The summed E-state index contributed by atoms with van der Waals surface area (Å²) in [6, 6.07) is 9.55. The number of thiophene rings is 1. The summed E-state index contributed by atoms with van der Waals surface area (Å²) in [6.45, 7) is 2.15. The van der Waals surface area contributed by atoms with Crippen LogP contribution in [-0.4, -0.2) is 21.7 Å². The van der Waals surface area contributed by atoms with Crippen LogP contribution in [0.3, 0.4) is 0 Å². The molecule has 0 bridgehead atoms. The Kier molecular flexibility index (Phi) is 3.72. The SMILES string of the molecule is Cc1cc2c(Oc3ccc(CCO)cc3)nc(N)nc2s1. The third kappa shape index (κ3) is 2.96. The predicted octanol–water partition coefficient (Wildman–Crippen LogP) is 2.91. The van der Waals surface area contributed by atoms with Gasteiger partial charge in [-0.2, -0.15) is 4.98 Å². The average molecular weight is 301 g/mol. The smallest absolute Gasteiger partial charge is 0.232 e. The van der Waals surface area contributed by atoms with Crippen LogP contribution in [0.4, 0.5) is 5.95 Å². The van der Waals surface area contributed by atoms with E-state index in [1.807, 2.05) is 37.3 Å². The zero-order valence-electron chi connectivity index (χ0n) is 11.5. The molecule has 0 aliphatic carbocycles. The summed E-state index contributed by atoms with van der Waals surface area (Å²) in [7, 11) is 0. The van der Waals surface area contributed by atoms with Gasteiger partial charge in [-0.3, -0.25) is 0 Å². The number of aliphatic hydroxyl groups excluding tert-OH is 1. The van der Waals surface area contributed by atoms with Crippen LogP contribution in [0.25, 0.3) is 10.2 Å². The van der Waals surface area contributed by atoms with Crippen molar-refractivity contribution in [2.45, 2.75) is 13.3 Å². The third-order valence-corrected chi connectivity index (χ3v) is 3.98. The number of fused-ring (bicyclic) bond motifs is 1. The highest BCUT2D eigenvalue weighted by molar-refractivity contribution is 7.18. The molecule has 3 aromatic rings. The summed E-state index contributed by atoms with van der Waals surface area (Å²) in [6.07, 6.45) is 0.634. The van der Waals surface area contributed by atoms with Gasteiger partial charge in [-0.15, -0.1) is 11.3 Å². The van der Waals surface area contributed by atoms with Crippen molar-refractivity contribution >= 4 is 27.5 Å². The van der Waals surface area contributed by atoms with Gasteiger partial charge in [0, 0.05) is 11.5 Å². The molecule has 6 heteroatoms. The first-order valence-corrected chi connectivity index (χ1v) is 7.38. The number of nitrogens with two attached hydrogens (primary N) is 1. The van der Waals surface area contributed by atoms with E-state index in [2.05, 4.69) is 9.97 Å². The van der Waals surface area contributed by atoms with E-state index in [0.29, 0.717) is 18.1 Å². The van der Waals surface area contributed by atoms with Gasteiger partial charge in [0.05, 0.1) is 5.39 Å². The maximum absolute atomic E-state index is 8.91. The number of aryl methyl sites for hydroxylation is 1. The van der Waals surface area contributed by atoms with Crippen molar-refractivity contribution in [2.75, 3.05) is 12.3 Å². The topological polar surface area (TPSA) is 81.3 Å². The molecular weight excluding hydrogens is 286 g/mol. The molecule has 2 aromatic heterocycles. The second kappa shape index (κ2) is 5.67. The van der Waals surface area contributed by atoms with Crippen LogP contribution in [-0.2, 0) is 6.42 Å². The average Bonchev–Trinajstić information content (AvgIpc) is 2.81. The Hall–Kier alpha value is -2.18. The van der Waals surface area contributed by atoms with Gasteiger partial charge in [0.15, 0.2) is 0 Å². The minimum atomic E-state index is 0.136. The van der Waals surface area contributed by atoms with Crippen LogP contribution >= 0.6 is 11.3 Å². The maximum Gasteiger partial charge on any atom is 0.232 e. The summed E-state index contributed by atoms with van der Waals surface area (Å²) < 4.78 is 5.83. The number of hydrogen-bond acceptors (Lipinski definition) is 6. The Morgan fingerprint density at radius 2 is 2.00 bits per heavy atom. The van der Waals surface area contributed by atoms with Crippen molar-refractivity contribution < 1.29 is 9.84 Å². The Bertz CT molecular complexity index is 768. The second-order valence-corrected chi connectivity index (χ2v) is 5.92. The Morgan fingerprint density at radius 3 is 2.71 bits per heavy atom. The van der Waals surface area contributed by atoms with Gasteiger partial charge >= 0.3 is 0 Å². The summed E-state index contributed by atoms with van der Waals surface area (Å²) in [5.74, 6) is 1.35. The van der Waals surface area contributed by atoms with Crippen LogP contribution in [0.15, 0.2) is 30.3 Å². The number of nitrogen functional groups attached to an aromatic ring is 1. The minimum absolute atomic E-state index is 0.136. The Labute approximate surface area is 126 Å². The highest BCUT2D eigenvalue weighted by atomic mass is 32.1. The van der Waals surface area contributed by atoms with Gasteiger partial charge in [-0.05, 0) is 37.1 Å². The zero-order valence-corrected chi connectivity index (χ0v) is 12.4. The molecule has 0 saturated carbocycles. The van der Waals surface area contributed by atoms with Crippen LogP contribution < -0.4 is 10.5 Å². The van der Waals surface area contributed by atoms with Crippen molar-refractivity contribution in [1.82, 2.24) is 9.97 Å². The van der Waals surface area contributed by atoms with Gasteiger partial charge in [0.2, 0.25) is 11.8 Å². The fourth-order valence-electron chi connectivity index (χ4n) is 2.07. The van der Waals surface area contributed by atoms with E-state index in [9.17, 15) is 0 Å². The number of anilines is 1. The molecule has 2 heterocycles. The molecule has 1 aromatic carbocycles. The van der Waals surface area contributed by atoms with Gasteiger partial charge in [0.25, 0.3) is 0 Å². The number of aromatic nitrogens is 2. The van der Waals surface area contributed by atoms with Gasteiger partial charge in [-0.1, -0.05) is 12.1 Å². The zero-order chi connectivity index (χ0) is 14.8. The van der Waals surface area contributed by atoms with E-state index in [4.69, 9.17) is 15.6 Å². The molecule has 3 N–H and O–H groups in total. The standard InChI is InChI=1S/C15H15N3O2S/c1-9-8-12-13(17-15(16)18-14(12)21-9)20-11-4-2-10(3-5-11)6-7-19/h2-5,8,19H,6-7H2,1H3,(H2,16,17,18). The molecule has 21 heavy (non-hydrogen) atoms. The van der Waals surface area contributed by atoms with E-state index in [0.717, 1.165) is 20.7 Å². The number of aliphatic hydroxyl groups is 1. The summed E-state index contributed by atoms with van der Waals surface area (Å²) in [5.41, 5.74) is 6.79. The summed E-state index contributed by atoms with van der Waals surface area (Å²) >= 11 is 1.56. The monoisotopic (exact) mass is 301 g/mol. The third-order valence-electron chi connectivity index (χ3n) is 3.04. The summed E-state index contributed by atoms with van der Waals surface area (Å²) in [4.78, 5) is 10.4. The van der Waals surface area contributed by atoms with E-state index < -0.39 is 0 Å². The van der Waals surface area contributed by atoms with E-state index >= 15 is 0 Å². The second-order valence-electron chi connectivity index (χ2n) is 4.68. The van der Waals surface area contributed by atoms with Crippen LogP contribution in [0.2, 0.25) is 0 Å². The summed E-state index contributed by atoms with van der Waals surface area (Å²) in [5, 5.41) is 9.78. The number of hydrogen-bond donors (Lipinski definition) is 2. The van der Waals surface area contributed by atoms with Crippen LogP contribution in [0.5, 0.6) is 11.6 Å². The number of benzene rings is 1. The van der Waals surface area contributed by atoms with Gasteiger partial charge in [-0.25, -0.2) is 4.98 Å². The lowest BCUT2D eigenvalue weighted by Gasteiger charge is -2.07. The molecular formula is C15H15N3O2S. The molecule has 0 aliphatic rings. The predicted molar refractivity (Wildman–Crippen MR) is 83.9 cm³/mol. The first kappa shape index (κ1) is 13.8. The molecule has 5 nitrogen and oxygen atoms in total. The van der Waals surface area contributed by atoms with Crippen molar-refractivity contribution in [3.63, 3.8) is 0 Å². The molecule has 0 aliphatic heterocycles. The van der Waals surface area contributed by atoms with Crippen molar-refractivity contribution in [1.29, 1.82) is 0 Å². The Balaban J connectivity index is 1.93. The number of rotatable bonds is 4. The highest BCUT2D eigenvalue weighted by Crippen LogP contribution is 2.33. The van der Waals surface area contributed by atoms with Crippen molar-refractivity contribution in [2.24, 2.45) is 0 Å². The lowest BCUT2D eigenvalue weighted by molar-refractivity contribution is 0.299. The van der Waals surface area contributed by atoms with Gasteiger partial charge in [0.1, 0.15) is 10.6 Å². The molecule has 0 spiro atoms. The lowest BCUT2D eigenvalue weighted by atomic mass is 10.1. The molecule has 0 amide bonds. The molecule has 0 radical (unpaired) electrons. The fourth-order valence-corrected chi connectivity index (χ4v) is 2.95. The molecule has 0 fully saturated rings. The molecule has 0 saturated heterocycles. The van der Waals surface area contributed by atoms with E-state index in [1.165, 1.54) is 0 Å². The molecule has 108 valence electrons.